The molecule has 1 aliphatic rings. The van der Waals surface area contributed by atoms with Gasteiger partial charge in [0, 0.05) is 26.6 Å². The number of nitrogens with two attached hydrogens (primary N) is 1. The first kappa shape index (κ1) is 23.5. The highest BCUT2D eigenvalue weighted by atomic mass is 79.9. The fourth-order valence-electron chi connectivity index (χ4n) is 2.74. The molecule has 3 rings (SSSR count). The van der Waals surface area contributed by atoms with Gasteiger partial charge in [0.1, 0.15) is 23.2 Å². The highest BCUT2D eigenvalue weighted by Gasteiger charge is 2.15. The van der Waals surface area contributed by atoms with Crippen LogP contribution >= 0.6 is 15.9 Å². The average Bonchev–Trinajstić information content (AvgIpc) is 3.01. The van der Waals surface area contributed by atoms with E-state index in [0.29, 0.717) is 5.82 Å². The monoisotopic (exact) mass is 414 g/mol. The van der Waals surface area contributed by atoms with Crippen LogP contribution in [0.25, 0.3) is 5.52 Å². The molecule has 1 fully saturated rings. The third kappa shape index (κ3) is 8.45. The van der Waals surface area contributed by atoms with E-state index in [1.807, 2.05) is 11.2 Å². The number of hydrogen-bond donors (Lipinski definition) is 1. The van der Waals surface area contributed by atoms with Crippen molar-refractivity contribution < 1.29 is 9.53 Å². The van der Waals surface area contributed by atoms with E-state index in [-0.39, 0.29) is 0 Å². The number of ether oxygens (including phenoxy) is 1. The molecule has 142 valence electrons. The maximum Gasteiger partial charge on any atom is 0.150 e. The number of anilines is 1. The van der Waals surface area contributed by atoms with E-state index in [1.165, 1.54) is 32.1 Å². The molecule has 1 aliphatic carbocycles. The summed E-state index contributed by atoms with van der Waals surface area (Å²) in [6, 6.07) is 0. The molecule has 2 N–H and O–H groups in total. The number of carbonyl (C=O) groups excluding carboxylic acids is 1. The van der Waals surface area contributed by atoms with Gasteiger partial charge >= 0.3 is 0 Å². The van der Waals surface area contributed by atoms with E-state index in [4.69, 9.17) is 10.5 Å². The summed E-state index contributed by atoms with van der Waals surface area (Å²) in [5, 5.41) is 0. The number of nitrogens with zero attached hydrogens (tertiary/aromatic N) is 3. The summed E-state index contributed by atoms with van der Waals surface area (Å²) in [7, 11) is 3.25. The molecule has 2 heterocycles. The number of halogens is 1. The number of imidazole rings is 1. The van der Waals surface area contributed by atoms with Crippen molar-refractivity contribution in [1.82, 2.24) is 14.4 Å². The van der Waals surface area contributed by atoms with E-state index in [0.717, 1.165) is 22.0 Å². The topological polar surface area (TPSA) is 82.5 Å². The van der Waals surface area contributed by atoms with Gasteiger partial charge in [0.2, 0.25) is 0 Å². The molecule has 0 atom stereocenters. The zero-order chi connectivity index (χ0) is 19.2. The minimum absolute atomic E-state index is 0.483. The molecule has 6 nitrogen and oxygen atoms in total. The molecule has 0 spiro atoms. The minimum Gasteiger partial charge on any atom is -0.388 e. The van der Waals surface area contributed by atoms with Crippen molar-refractivity contribution in [3.05, 3.63) is 23.3 Å². The van der Waals surface area contributed by atoms with Gasteiger partial charge in [-0.3, -0.25) is 0 Å². The lowest BCUT2D eigenvalue weighted by Gasteiger charge is -2.24. The second-order valence-electron chi connectivity index (χ2n) is 6.15. The summed E-state index contributed by atoms with van der Waals surface area (Å²) in [4.78, 5) is 15.9. The lowest BCUT2D eigenvalue weighted by Crippen LogP contribution is -2.12. The first-order valence-electron chi connectivity index (χ1n) is 8.42. The van der Waals surface area contributed by atoms with Crippen LogP contribution in [-0.2, 0) is 9.53 Å². The van der Waals surface area contributed by atoms with Gasteiger partial charge in [-0.05, 0) is 27.8 Å². The molecule has 0 saturated heterocycles. The zero-order valence-corrected chi connectivity index (χ0v) is 17.3. The number of fused-ring (bicyclic) bond motifs is 1. The quantitative estimate of drug-likeness (QED) is 0.748. The smallest absolute Gasteiger partial charge is 0.150 e. The average molecular weight is 415 g/mol. The number of carbonyl (C=O) groups is 1. The van der Waals surface area contributed by atoms with Crippen molar-refractivity contribution in [2.45, 2.75) is 46.0 Å². The van der Waals surface area contributed by atoms with E-state index < -0.39 is 0 Å². The Kier molecular flexibility index (Phi) is 13.0. The number of nitrogen functional groups attached to an aromatic ring is 1. The Balaban J connectivity index is 0.000000373. The van der Waals surface area contributed by atoms with Crippen LogP contribution in [0.2, 0.25) is 0 Å². The van der Waals surface area contributed by atoms with Gasteiger partial charge in [-0.1, -0.05) is 46.0 Å². The highest BCUT2D eigenvalue weighted by Crippen LogP contribution is 2.29. The van der Waals surface area contributed by atoms with Crippen LogP contribution < -0.4 is 5.73 Å². The molecule has 0 aliphatic heterocycles. The van der Waals surface area contributed by atoms with Crippen LogP contribution in [-0.4, -0.2) is 35.4 Å². The van der Waals surface area contributed by atoms with Gasteiger partial charge in [-0.15, -0.1) is 0 Å². The van der Waals surface area contributed by atoms with Crippen molar-refractivity contribution in [2.24, 2.45) is 11.8 Å². The number of aromatic nitrogens is 3. The molecule has 0 amide bonds. The van der Waals surface area contributed by atoms with Gasteiger partial charge in [0.15, 0.2) is 5.82 Å². The van der Waals surface area contributed by atoms with Gasteiger partial charge in [0.05, 0.1) is 0 Å². The van der Waals surface area contributed by atoms with E-state index in [1.54, 1.807) is 32.9 Å². The zero-order valence-electron chi connectivity index (χ0n) is 15.7. The molecule has 25 heavy (non-hydrogen) atoms. The Hall–Kier alpha value is -1.47. The maximum absolute atomic E-state index is 8.00. The Morgan fingerprint density at radius 2 is 1.80 bits per heavy atom. The molecule has 0 radical (unpaired) electrons. The third-order valence-electron chi connectivity index (χ3n) is 4.03. The van der Waals surface area contributed by atoms with Crippen molar-refractivity contribution in [1.29, 1.82) is 0 Å². The second kappa shape index (κ2) is 13.8. The molecule has 1 saturated carbocycles. The molecule has 7 heteroatoms. The summed E-state index contributed by atoms with van der Waals surface area (Å²) in [5.41, 5.74) is 6.41. The number of rotatable bonds is 1. The van der Waals surface area contributed by atoms with Gasteiger partial charge in [-0.2, -0.15) is 0 Å². The highest BCUT2D eigenvalue weighted by molar-refractivity contribution is 9.10. The Morgan fingerprint density at radius 3 is 2.24 bits per heavy atom. The number of methoxy groups -OCH3 is 1. The summed E-state index contributed by atoms with van der Waals surface area (Å²) in [6.45, 7) is 6.71. The number of hydrogen-bond acceptors (Lipinski definition) is 5. The van der Waals surface area contributed by atoms with E-state index in [9.17, 15) is 0 Å². The van der Waals surface area contributed by atoms with Crippen LogP contribution in [0, 0.1) is 11.8 Å². The summed E-state index contributed by atoms with van der Waals surface area (Å²) >= 11 is 3.27. The lowest BCUT2D eigenvalue weighted by molar-refractivity contribution is -0.0979. The summed E-state index contributed by atoms with van der Waals surface area (Å²) in [5.74, 6) is 2.47. The predicted octanol–water partition coefficient (Wildman–Crippen LogP) is 4.37. The summed E-state index contributed by atoms with van der Waals surface area (Å²) in [6.07, 6.45) is 12.6. The molecular formula is C18H31BrN4O2. The van der Waals surface area contributed by atoms with E-state index in [2.05, 4.69) is 44.5 Å². The fraction of sp³-hybridized carbons (Fsp3) is 0.611. The van der Waals surface area contributed by atoms with E-state index >= 15 is 0 Å². The van der Waals surface area contributed by atoms with Crippen LogP contribution in [0.5, 0.6) is 0 Å². The van der Waals surface area contributed by atoms with Crippen LogP contribution in [0.1, 0.15) is 46.0 Å². The van der Waals surface area contributed by atoms with Crippen molar-refractivity contribution >= 4 is 34.1 Å². The normalized spacial score (nSPS) is 13.8. The summed E-state index contributed by atoms with van der Waals surface area (Å²) < 4.78 is 6.79. The SMILES string of the molecule is C=O.CC(C)C1CCCCC1.COC.Nc1nccn2cnc(Br)c12. The molecule has 2 aromatic heterocycles. The molecule has 0 aromatic carbocycles. The van der Waals surface area contributed by atoms with Gasteiger partial charge in [0.25, 0.3) is 0 Å². The van der Waals surface area contributed by atoms with Crippen LogP contribution in [0.4, 0.5) is 5.82 Å². The molecular weight excluding hydrogens is 384 g/mol. The third-order valence-corrected chi connectivity index (χ3v) is 4.61. The fourth-order valence-corrected chi connectivity index (χ4v) is 3.24. The standard InChI is InChI=1S/C9H18.C6H5BrN4.C2H6O.CH2O/c1-8(2)9-6-4-3-5-7-9;7-5-4-6(8)9-1-2-11(4)3-10-5;1-3-2;1-2/h8-9H,3-7H2,1-2H3;1-3H,(H2,8,9);1-2H3;1H2. The lowest BCUT2D eigenvalue weighted by atomic mass is 9.82. The first-order valence-corrected chi connectivity index (χ1v) is 9.22. The van der Waals surface area contributed by atoms with Crippen molar-refractivity contribution in [3.63, 3.8) is 0 Å². The Labute approximate surface area is 159 Å². The second-order valence-corrected chi connectivity index (χ2v) is 6.91. The van der Waals surface area contributed by atoms with Gasteiger partial charge in [-0.25, -0.2) is 9.97 Å². The van der Waals surface area contributed by atoms with Crippen LogP contribution in [0.3, 0.4) is 0 Å². The van der Waals surface area contributed by atoms with Gasteiger partial charge < -0.3 is 19.7 Å². The largest absolute Gasteiger partial charge is 0.388 e. The minimum atomic E-state index is 0.483. The predicted molar refractivity (Wildman–Crippen MR) is 107 cm³/mol. The molecule has 0 unspecified atom stereocenters. The maximum atomic E-state index is 8.00. The van der Waals surface area contributed by atoms with Crippen molar-refractivity contribution in [3.8, 4) is 0 Å². The van der Waals surface area contributed by atoms with Crippen LogP contribution in [0.15, 0.2) is 23.3 Å². The Bertz CT molecular complexity index is 583. The Morgan fingerprint density at radius 1 is 1.24 bits per heavy atom. The van der Waals surface area contributed by atoms with Crippen molar-refractivity contribution in [2.75, 3.05) is 20.0 Å². The first-order chi connectivity index (χ1) is 12.0. The molecule has 2 aromatic rings. The molecule has 0 bridgehead atoms.